The molecule has 0 atom stereocenters. The highest BCUT2D eigenvalue weighted by Gasteiger charge is 2.22. The molecule has 0 radical (unpaired) electrons. The van der Waals surface area contributed by atoms with Crippen molar-refractivity contribution in [3.63, 3.8) is 0 Å². The maximum Gasteiger partial charge on any atom is 0.322 e. The number of hydrogen-bond acceptors (Lipinski definition) is 7. The molecule has 0 aliphatic carbocycles. The van der Waals surface area contributed by atoms with Gasteiger partial charge in [-0.05, 0) is 48.2 Å². The van der Waals surface area contributed by atoms with Crippen LogP contribution in [-0.2, 0) is 16.4 Å². The number of sulfonamides is 1. The van der Waals surface area contributed by atoms with Gasteiger partial charge in [-0.15, -0.1) is 16.9 Å². The minimum atomic E-state index is -3.57. The van der Waals surface area contributed by atoms with E-state index >= 15 is 0 Å². The van der Waals surface area contributed by atoms with Crippen molar-refractivity contribution in [2.24, 2.45) is 0 Å². The van der Waals surface area contributed by atoms with Crippen molar-refractivity contribution in [2.45, 2.75) is 30.1 Å². The van der Waals surface area contributed by atoms with Crippen molar-refractivity contribution >= 4 is 33.7 Å². The zero-order valence-corrected chi connectivity index (χ0v) is 19.2. The molecule has 0 unspecified atom stereocenters. The molecular formula is C21H24N4O4S2. The quantitative estimate of drug-likeness (QED) is 0.486. The average Bonchev–Trinajstić information content (AvgIpc) is 3.21. The molecule has 0 aliphatic rings. The second kappa shape index (κ2) is 10.1. The molecule has 3 aromatic rings. The Kier molecular flexibility index (Phi) is 7.47. The smallest absolute Gasteiger partial charge is 0.322 e. The number of benzene rings is 2. The lowest BCUT2D eigenvalue weighted by atomic mass is 10.1. The Morgan fingerprint density at radius 3 is 2.26 bits per heavy atom. The lowest BCUT2D eigenvalue weighted by molar-refractivity contribution is 0.102. The van der Waals surface area contributed by atoms with E-state index in [1.165, 1.54) is 28.6 Å². The first-order valence-electron chi connectivity index (χ1n) is 9.74. The van der Waals surface area contributed by atoms with Crippen LogP contribution in [0.15, 0.2) is 62.7 Å². The van der Waals surface area contributed by atoms with Gasteiger partial charge in [-0.25, -0.2) is 8.42 Å². The summed E-state index contributed by atoms with van der Waals surface area (Å²) in [4.78, 5) is 13.8. The number of anilines is 1. The highest BCUT2D eigenvalue weighted by atomic mass is 32.2. The fraction of sp³-hybridized carbons (Fsp3) is 0.286. The van der Waals surface area contributed by atoms with Crippen LogP contribution in [0.25, 0.3) is 0 Å². The number of thioether (sulfide) groups is 1. The van der Waals surface area contributed by atoms with Crippen LogP contribution in [-0.4, -0.2) is 48.2 Å². The molecule has 0 saturated heterocycles. The average molecular weight is 461 g/mol. The van der Waals surface area contributed by atoms with Crippen molar-refractivity contribution in [1.29, 1.82) is 0 Å². The summed E-state index contributed by atoms with van der Waals surface area (Å²) in [5.41, 5.74) is 1.30. The summed E-state index contributed by atoms with van der Waals surface area (Å²) in [5.74, 6) is -0.0841. The van der Waals surface area contributed by atoms with E-state index < -0.39 is 15.9 Å². The Morgan fingerprint density at radius 2 is 1.68 bits per heavy atom. The van der Waals surface area contributed by atoms with Gasteiger partial charge < -0.3 is 4.42 Å². The first-order chi connectivity index (χ1) is 14.9. The largest absolute Gasteiger partial charge is 0.407 e. The first-order valence-corrected chi connectivity index (χ1v) is 12.4. The molecule has 1 heterocycles. The van der Waals surface area contributed by atoms with Gasteiger partial charge in [-0.1, -0.05) is 31.1 Å². The third kappa shape index (κ3) is 5.52. The van der Waals surface area contributed by atoms with Crippen LogP contribution in [0.5, 0.6) is 0 Å². The van der Waals surface area contributed by atoms with E-state index in [0.29, 0.717) is 25.4 Å². The molecule has 1 N–H and O–H groups in total. The summed E-state index contributed by atoms with van der Waals surface area (Å²) < 4.78 is 32.0. The fourth-order valence-corrected chi connectivity index (χ4v) is 4.82. The van der Waals surface area contributed by atoms with Gasteiger partial charge in [0.1, 0.15) is 0 Å². The molecule has 10 heteroatoms. The maximum atomic E-state index is 12.5. The predicted octanol–water partition coefficient (Wildman–Crippen LogP) is 3.67. The molecule has 1 aromatic heterocycles. The number of carbonyl (C=O) groups is 1. The Hall–Kier alpha value is -2.69. The number of hydrogen-bond donors (Lipinski definition) is 1. The third-order valence-electron chi connectivity index (χ3n) is 4.66. The van der Waals surface area contributed by atoms with E-state index in [9.17, 15) is 13.2 Å². The molecular weight excluding hydrogens is 436 g/mol. The molecule has 164 valence electrons. The van der Waals surface area contributed by atoms with Gasteiger partial charge in [0.2, 0.25) is 15.9 Å². The summed E-state index contributed by atoms with van der Waals surface area (Å²) in [5, 5.41) is 10.4. The molecule has 0 bridgehead atoms. The third-order valence-corrected chi connectivity index (χ3v) is 7.47. The van der Waals surface area contributed by atoms with Gasteiger partial charge in [-0.3, -0.25) is 10.1 Å². The fourth-order valence-electron chi connectivity index (χ4n) is 2.95. The van der Waals surface area contributed by atoms with Gasteiger partial charge in [-0.2, -0.15) is 4.31 Å². The summed E-state index contributed by atoms with van der Waals surface area (Å²) >= 11 is 1.66. The Balaban J connectivity index is 1.65. The number of rotatable bonds is 9. The van der Waals surface area contributed by atoms with E-state index in [-0.39, 0.29) is 16.5 Å². The monoisotopic (exact) mass is 460 g/mol. The summed E-state index contributed by atoms with van der Waals surface area (Å²) in [6, 6.07) is 13.7. The molecule has 2 aromatic carbocycles. The second-order valence-electron chi connectivity index (χ2n) is 6.59. The molecule has 0 saturated carbocycles. The molecule has 0 fully saturated rings. The molecule has 31 heavy (non-hydrogen) atoms. The molecule has 1 amide bonds. The second-order valence-corrected chi connectivity index (χ2v) is 9.41. The SMILES string of the molecule is CCN(CC)S(=O)(=O)c1ccc(C(=O)Nc2nnc(Cc3ccc(SC)cc3)o2)cc1. The van der Waals surface area contributed by atoms with E-state index in [0.717, 1.165) is 10.5 Å². The standard InChI is InChI=1S/C21H24N4O4S2/c1-4-25(5-2)31(27,28)18-12-8-16(9-13-18)20(26)22-21-24-23-19(29-21)14-15-6-10-17(30-3)11-7-15/h6-13H,4-5,14H2,1-3H3,(H,22,24,26). The van der Waals surface area contributed by atoms with E-state index in [1.807, 2.05) is 30.5 Å². The van der Waals surface area contributed by atoms with Crippen molar-refractivity contribution in [3.05, 3.63) is 65.5 Å². The number of aromatic nitrogens is 2. The van der Waals surface area contributed by atoms with Gasteiger partial charge in [0.05, 0.1) is 11.3 Å². The van der Waals surface area contributed by atoms with E-state index in [1.54, 1.807) is 25.6 Å². The van der Waals surface area contributed by atoms with Crippen LogP contribution in [0.4, 0.5) is 6.01 Å². The van der Waals surface area contributed by atoms with Crippen molar-refractivity contribution in [2.75, 3.05) is 24.7 Å². The molecule has 0 aliphatic heterocycles. The molecule has 8 nitrogen and oxygen atoms in total. The van der Waals surface area contributed by atoms with Crippen LogP contribution >= 0.6 is 11.8 Å². The van der Waals surface area contributed by atoms with Gasteiger partial charge in [0.25, 0.3) is 5.91 Å². The van der Waals surface area contributed by atoms with Crippen LogP contribution in [0.1, 0.15) is 35.7 Å². The summed E-state index contributed by atoms with van der Waals surface area (Å²) in [6.07, 6.45) is 2.47. The zero-order valence-electron chi connectivity index (χ0n) is 17.5. The summed E-state index contributed by atoms with van der Waals surface area (Å²) in [6.45, 7) is 4.31. The highest BCUT2D eigenvalue weighted by molar-refractivity contribution is 7.98. The number of amides is 1. The maximum absolute atomic E-state index is 12.5. The van der Waals surface area contributed by atoms with Crippen molar-refractivity contribution in [3.8, 4) is 0 Å². The van der Waals surface area contributed by atoms with Gasteiger partial charge >= 0.3 is 6.01 Å². The van der Waals surface area contributed by atoms with Gasteiger partial charge in [0, 0.05) is 23.5 Å². The lowest BCUT2D eigenvalue weighted by Gasteiger charge is -2.18. The van der Waals surface area contributed by atoms with Crippen LogP contribution in [0, 0.1) is 0 Å². The Morgan fingerprint density at radius 1 is 1.03 bits per heavy atom. The first kappa shape index (κ1) is 23.0. The van der Waals surface area contributed by atoms with E-state index in [4.69, 9.17) is 4.42 Å². The normalized spacial score (nSPS) is 11.6. The number of carbonyl (C=O) groups excluding carboxylic acids is 1. The lowest BCUT2D eigenvalue weighted by Crippen LogP contribution is -2.30. The van der Waals surface area contributed by atoms with Crippen LogP contribution in [0.3, 0.4) is 0 Å². The number of nitrogens with zero attached hydrogens (tertiary/aromatic N) is 3. The van der Waals surface area contributed by atoms with E-state index in [2.05, 4.69) is 15.5 Å². The zero-order chi connectivity index (χ0) is 22.4. The van der Waals surface area contributed by atoms with Gasteiger partial charge in [0.15, 0.2) is 0 Å². The summed E-state index contributed by atoms with van der Waals surface area (Å²) in [7, 11) is -3.57. The molecule has 3 rings (SSSR count). The highest BCUT2D eigenvalue weighted by Crippen LogP contribution is 2.19. The molecule has 0 spiro atoms. The number of nitrogens with one attached hydrogen (secondary N) is 1. The Labute approximate surface area is 186 Å². The minimum absolute atomic E-state index is 0.0134. The van der Waals surface area contributed by atoms with Crippen LogP contribution in [0.2, 0.25) is 0 Å². The minimum Gasteiger partial charge on any atom is -0.407 e. The topological polar surface area (TPSA) is 105 Å². The Bertz CT molecular complexity index is 1120. The van der Waals surface area contributed by atoms with Crippen LogP contribution < -0.4 is 5.32 Å². The predicted molar refractivity (Wildman–Crippen MR) is 120 cm³/mol. The van der Waals surface area contributed by atoms with Crippen molar-refractivity contribution < 1.29 is 17.6 Å². The van der Waals surface area contributed by atoms with Crippen molar-refractivity contribution in [1.82, 2.24) is 14.5 Å².